The molecule has 0 N–H and O–H groups in total. The first-order valence-corrected chi connectivity index (χ1v) is 6.14. The molecule has 0 aliphatic carbocycles. The largest absolute Gasteiger partial charge is 0.247 e. The van der Waals surface area contributed by atoms with E-state index in [1.54, 1.807) is 11.3 Å². The molecule has 0 aromatic carbocycles. The number of aromatic nitrogens is 1. The maximum absolute atomic E-state index is 5.88. The van der Waals surface area contributed by atoms with Crippen LogP contribution in [0.4, 0.5) is 0 Å². The zero-order valence-corrected chi connectivity index (χ0v) is 9.79. The molecule has 74 valence electrons. The van der Waals surface area contributed by atoms with Crippen LogP contribution < -0.4 is 0 Å². The van der Waals surface area contributed by atoms with Crippen molar-refractivity contribution in [2.75, 3.05) is 5.88 Å². The minimum absolute atomic E-state index is 0.605. The first-order valence-electron chi connectivity index (χ1n) is 4.73. The van der Waals surface area contributed by atoms with Gasteiger partial charge in [-0.05, 0) is 25.7 Å². The molecule has 13 heavy (non-hydrogen) atoms. The number of nitrogens with zero attached hydrogens (tertiary/aromatic N) is 1. The Morgan fingerprint density at radius 3 is 2.85 bits per heavy atom. The van der Waals surface area contributed by atoms with Gasteiger partial charge in [-0.15, -0.1) is 22.9 Å². The lowest BCUT2D eigenvalue weighted by atomic mass is 10.0. The van der Waals surface area contributed by atoms with Gasteiger partial charge < -0.3 is 0 Å². The van der Waals surface area contributed by atoms with Crippen LogP contribution in [0.2, 0.25) is 0 Å². The van der Waals surface area contributed by atoms with Crippen LogP contribution in [0.25, 0.3) is 0 Å². The van der Waals surface area contributed by atoms with Crippen LogP contribution in [0, 0.1) is 12.8 Å². The summed E-state index contributed by atoms with van der Waals surface area (Å²) >= 11 is 7.60. The zero-order chi connectivity index (χ0) is 9.68. The van der Waals surface area contributed by atoms with Crippen molar-refractivity contribution in [2.24, 2.45) is 5.92 Å². The maximum Gasteiger partial charge on any atom is 0.0897 e. The fraction of sp³-hybridized carbons (Fsp3) is 0.700. The Hall–Kier alpha value is -0.0800. The molecule has 0 saturated carbocycles. The van der Waals surface area contributed by atoms with Crippen molar-refractivity contribution in [1.82, 2.24) is 4.98 Å². The Morgan fingerprint density at radius 2 is 2.38 bits per heavy atom. The highest BCUT2D eigenvalue weighted by Gasteiger charge is 2.09. The first-order chi connectivity index (χ1) is 6.26. The number of aryl methyl sites for hydroxylation is 1. The minimum atomic E-state index is 0.605. The fourth-order valence-corrected chi connectivity index (χ4v) is 2.33. The third-order valence-corrected chi connectivity index (χ3v) is 3.34. The summed E-state index contributed by atoms with van der Waals surface area (Å²) in [4.78, 5) is 4.44. The molecular weight excluding hydrogens is 202 g/mol. The van der Waals surface area contributed by atoms with Crippen LogP contribution in [0.3, 0.4) is 0 Å². The lowest BCUT2D eigenvalue weighted by Crippen LogP contribution is -2.06. The van der Waals surface area contributed by atoms with Gasteiger partial charge in [0.1, 0.15) is 0 Å². The molecule has 1 unspecified atom stereocenters. The number of halogens is 1. The minimum Gasteiger partial charge on any atom is -0.247 e. The molecule has 1 aromatic rings. The summed E-state index contributed by atoms with van der Waals surface area (Å²) < 4.78 is 0. The lowest BCUT2D eigenvalue weighted by Gasteiger charge is -2.09. The molecule has 1 nitrogen and oxygen atoms in total. The van der Waals surface area contributed by atoms with E-state index in [1.165, 1.54) is 18.5 Å². The summed E-state index contributed by atoms with van der Waals surface area (Å²) in [6.07, 6.45) is 3.46. The molecule has 0 aliphatic heterocycles. The van der Waals surface area contributed by atoms with Crippen molar-refractivity contribution < 1.29 is 0 Å². The summed E-state index contributed by atoms with van der Waals surface area (Å²) in [5.74, 6) is 1.36. The Balaban J connectivity index is 2.46. The second-order valence-electron chi connectivity index (χ2n) is 3.37. The monoisotopic (exact) mass is 217 g/mol. The number of hydrogen-bond acceptors (Lipinski definition) is 2. The van der Waals surface area contributed by atoms with E-state index < -0.39 is 0 Å². The van der Waals surface area contributed by atoms with Gasteiger partial charge in [-0.2, -0.15) is 0 Å². The molecule has 1 rings (SSSR count). The van der Waals surface area contributed by atoms with E-state index in [0.29, 0.717) is 5.92 Å². The Bertz CT molecular complexity index is 247. The maximum atomic E-state index is 5.88. The van der Waals surface area contributed by atoms with E-state index >= 15 is 0 Å². The first kappa shape index (κ1) is 11.0. The van der Waals surface area contributed by atoms with Gasteiger partial charge in [0, 0.05) is 11.3 Å². The van der Waals surface area contributed by atoms with Gasteiger partial charge >= 0.3 is 0 Å². The lowest BCUT2D eigenvalue weighted by molar-refractivity contribution is 0.523. The fourth-order valence-electron chi connectivity index (χ4n) is 1.44. The second-order valence-corrected chi connectivity index (χ2v) is 4.74. The molecule has 1 heterocycles. The predicted octanol–water partition coefficient (Wildman–Crippen LogP) is 3.65. The van der Waals surface area contributed by atoms with Crippen molar-refractivity contribution in [3.63, 3.8) is 0 Å². The second kappa shape index (κ2) is 5.61. The molecule has 0 bridgehead atoms. The molecule has 0 fully saturated rings. The summed E-state index contributed by atoms with van der Waals surface area (Å²) in [7, 11) is 0. The number of rotatable bonds is 5. The molecule has 0 spiro atoms. The van der Waals surface area contributed by atoms with Crippen LogP contribution in [-0.4, -0.2) is 10.9 Å². The average Bonchev–Trinajstić information content (AvgIpc) is 2.50. The molecule has 0 radical (unpaired) electrons. The zero-order valence-electron chi connectivity index (χ0n) is 8.22. The van der Waals surface area contributed by atoms with Gasteiger partial charge in [0.05, 0.1) is 10.7 Å². The van der Waals surface area contributed by atoms with Crippen LogP contribution in [-0.2, 0) is 6.42 Å². The van der Waals surface area contributed by atoms with E-state index in [2.05, 4.69) is 17.3 Å². The Labute approximate surface area is 89.1 Å². The van der Waals surface area contributed by atoms with Gasteiger partial charge in [-0.25, -0.2) is 4.98 Å². The molecule has 3 heteroatoms. The topological polar surface area (TPSA) is 12.9 Å². The van der Waals surface area contributed by atoms with Crippen molar-refractivity contribution in [3.05, 3.63) is 16.1 Å². The van der Waals surface area contributed by atoms with Crippen LogP contribution in [0.1, 0.15) is 30.5 Å². The van der Waals surface area contributed by atoms with Gasteiger partial charge in [0.25, 0.3) is 0 Å². The smallest absolute Gasteiger partial charge is 0.0897 e. The molecular formula is C10H16ClNS. The van der Waals surface area contributed by atoms with Crippen LogP contribution >= 0.6 is 22.9 Å². The highest BCUT2D eigenvalue weighted by Crippen LogP contribution is 2.17. The van der Waals surface area contributed by atoms with Gasteiger partial charge in [0.2, 0.25) is 0 Å². The SMILES string of the molecule is CCCC(CCl)Cc1csc(C)n1. The van der Waals surface area contributed by atoms with Crippen molar-refractivity contribution >= 4 is 22.9 Å². The predicted molar refractivity (Wildman–Crippen MR) is 59.7 cm³/mol. The quantitative estimate of drug-likeness (QED) is 0.687. The van der Waals surface area contributed by atoms with Crippen LogP contribution in [0.15, 0.2) is 5.38 Å². The third kappa shape index (κ3) is 3.65. The van der Waals surface area contributed by atoms with Crippen molar-refractivity contribution in [2.45, 2.75) is 33.1 Å². The van der Waals surface area contributed by atoms with Gasteiger partial charge in [0.15, 0.2) is 0 Å². The average molecular weight is 218 g/mol. The Kier molecular flexibility index (Phi) is 4.74. The summed E-state index contributed by atoms with van der Waals surface area (Å²) in [5.41, 5.74) is 1.21. The summed E-state index contributed by atoms with van der Waals surface area (Å²) in [6, 6.07) is 0. The number of thiazole rings is 1. The molecule has 0 amide bonds. The van der Waals surface area contributed by atoms with E-state index in [9.17, 15) is 0 Å². The Morgan fingerprint density at radius 1 is 1.62 bits per heavy atom. The summed E-state index contributed by atoms with van der Waals surface area (Å²) in [6.45, 7) is 4.25. The van der Waals surface area contributed by atoms with Gasteiger partial charge in [-0.3, -0.25) is 0 Å². The van der Waals surface area contributed by atoms with Crippen molar-refractivity contribution in [3.8, 4) is 0 Å². The van der Waals surface area contributed by atoms with Crippen molar-refractivity contribution in [1.29, 1.82) is 0 Å². The molecule has 1 aromatic heterocycles. The molecule has 1 atom stereocenters. The molecule has 0 saturated heterocycles. The van der Waals surface area contributed by atoms with E-state index in [0.717, 1.165) is 17.3 Å². The summed E-state index contributed by atoms with van der Waals surface area (Å²) in [5, 5.41) is 3.30. The number of alkyl halides is 1. The van der Waals surface area contributed by atoms with E-state index in [-0.39, 0.29) is 0 Å². The highest BCUT2D eigenvalue weighted by molar-refractivity contribution is 7.09. The third-order valence-electron chi connectivity index (χ3n) is 2.08. The normalized spacial score (nSPS) is 13.2. The van der Waals surface area contributed by atoms with Gasteiger partial charge in [-0.1, -0.05) is 13.3 Å². The van der Waals surface area contributed by atoms with E-state index in [1.807, 2.05) is 6.92 Å². The standard InChI is InChI=1S/C10H16ClNS/c1-3-4-9(6-11)5-10-7-13-8(2)12-10/h7,9H,3-6H2,1-2H3. The molecule has 0 aliphatic rings. The number of hydrogen-bond donors (Lipinski definition) is 0. The van der Waals surface area contributed by atoms with E-state index in [4.69, 9.17) is 11.6 Å². The van der Waals surface area contributed by atoms with Crippen LogP contribution in [0.5, 0.6) is 0 Å². The highest BCUT2D eigenvalue weighted by atomic mass is 35.5.